The van der Waals surface area contributed by atoms with Gasteiger partial charge in [-0.05, 0) is 44.6 Å². The van der Waals surface area contributed by atoms with Gasteiger partial charge in [0.2, 0.25) is 0 Å². The van der Waals surface area contributed by atoms with E-state index >= 15 is 0 Å². The van der Waals surface area contributed by atoms with Crippen molar-refractivity contribution in [3.63, 3.8) is 0 Å². The summed E-state index contributed by atoms with van der Waals surface area (Å²) in [6, 6.07) is 0. The van der Waals surface area contributed by atoms with Gasteiger partial charge in [-0.15, -0.1) is 0 Å². The van der Waals surface area contributed by atoms with Gasteiger partial charge in [0.05, 0.1) is 16.8 Å². The first kappa shape index (κ1) is 13.9. The van der Waals surface area contributed by atoms with Crippen molar-refractivity contribution in [2.45, 2.75) is 58.0 Å². The lowest BCUT2D eigenvalue weighted by Crippen LogP contribution is -2.34. The van der Waals surface area contributed by atoms with Gasteiger partial charge in [-0.1, -0.05) is 17.7 Å². The number of allylic oxidation sites excluding steroid dienone is 3. The maximum Gasteiger partial charge on any atom is 0.141 e. The molecule has 4 aliphatic rings. The monoisotopic (exact) mass is 300 g/mol. The Balaban J connectivity index is 1.78. The molecule has 4 rings (SSSR count). The summed E-state index contributed by atoms with van der Waals surface area (Å²) in [6.45, 7) is 2.01. The fraction of sp³-hybridized carbons (Fsp3) is 0.611. The van der Waals surface area contributed by atoms with E-state index in [-0.39, 0.29) is 11.5 Å². The van der Waals surface area contributed by atoms with Crippen LogP contribution in [0.4, 0.5) is 0 Å². The number of fused-ring (bicyclic) bond motifs is 1. The lowest BCUT2D eigenvalue weighted by molar-refractivity contribution is 0.174. The summed E-state index contributed by atoms with van der Waals surface area (Å²) in [5.74, 6) is 1.23. The zero-order valence-corrected chi connectivity index (χ0v) is 13.5. The highest BCUT2D eigenvalue weighted by Gasteiger charge is 2.53. The maximum absolute atomic E-state index is 6.46. The molecule has 2 unspecified atom stereocenters. The first-order valence-corrected chi connectivity index (χ1v) is 8.39. The highest BCUT2D eigenvalue weighted by Crippen LogP contribution is 2.58. The molecule has 4 heteroatoms. The van der Waals surface area contributed by atoms with Gasteiger partial charge in [0, 0.05) is 18.8 Å². The summed E-state index contributed by atoms with van der Waals surface area (Å²) in [4.78, 5) is 7.26. The molecule has 2 fully saturated rings. The second-order valence-corrected chi connectivity index (χ2v) is 6.78. The predicted molar refractivity (Wildman–Crippen MR) is 85.8 cm³/mol. The van der Waals surface area contributed by atoms with E-state index in [4.69, 9.17) is 9.57 Å². The molecule has 1 saturated carbocycles. The summed E-state index contributed by atoms with van der Waals surface area (Å²) < 4.78 is 6.46. The molecular formula is C18H24N2O2. The number of ether oxygens (including phenoxy) is 1. The van der Waals surface area contributed by atoms with Crippen LogP contribution in [0.15, 0.2) is 40.7 Å². The van der Waals surface area contributed by atoms with Gasteiger partial charge in [-0.2, -0.15) is 0 Å². The van der Waals surface area contributed by atoms with Crippen LogP contribution in [0.1, 0.15) is 51.9 Å². The Morgan fingerprint density at radius 3 is 3.18 bits per heavy atom. The number of nitrogens with zero attached hydrogens (tertiary/aromatic N) is 2. The zero-order valence-electron chi connectivity index (χ0n) is 13.5. The minimum Gasteiger partial charge on any atom is -0.486 e. The Labute approximate surface area is 132 Å². The second-order valence-electron chi connectivity index (χ2n) is 6.78. The Morgan fingerprint density at radius 2 is 2.32 bits per heavy atom. The molecule has 0 aromatic carbocycles. The molecule has 3 aliphatic heterocycles. The molecule has 0 bridgehead atoms. The lowest BCUT2D eigenvalue weighted by atomic mass is 9.65. The number of hydrogen-bond acceptors (Lipinski definition) is 4. The summed E-state index contributed by atoms with van der Waals surface area (Å²) in [7, 11) is 1.60. The van der Waals surface area contributed by atoms with E-state index in [1.807, 2.05) is 6.92 Å². The van der Waals surface area contributed by atoms with Crippen molar-refractivity contribution < 1.29 is 9.57 Å². The summed E-state index contributed by atoms with van der Waals surface area (Å²) in [6.07, 6.45) is 15.1. The second kappa shape index (κ2) is 5.18. The van der Waals surface area contributed by atoms with Gasteiger partial charge in [-0.25, -0.2) is 0 Å². The van der Waals surface area contributed by atoms with E-state index in [1.54, 1.807) is 12.7 Å². The summed E-state index contributed by atoms with van der Waals surface area (Å²) in [5, 5.41) is 4.12. The van der Waals surface area contributed by atoms with E-state index in [2.05, 4.69) is 28.5 Å². The standard InChI is InChI=1S/C18H24N2O2/c1-13(19-21-2)16-11-18-9-5-3-7-14(18)12-20-10-6-4-8-15(20)17(18)22-16/h6,10,12,16H,3-5,7-9,11H2,1-2H3. The van der Waals surface area contributed by atoms with Crippen molar-refractivity contribution in [3.8, 4) is 0 Å². The molecule has 1 spiro atoms. The van der Waals surface area contributed by atoms with E-state index in [9.17, 15) is 0 Å². The first-order chi connectivity index (χ1) is 10.7. The molecule has 2 atom stereocenters. The highest BCUT2D eigenvalue weighted by molar-refractivity contribution is 5.86. The molecule has 0 aromatic heterocycles. The topological polar surface area (TPSA) is 34.1 Å². The van der Waals surface area contributed by atoms with Crippen LogP contribution in [0.5, 0.6) is 0 Å². The van der Waals surface area contributed by atoms with Gasteiger partial charge in [0.15, 0.2) is 0 Å². The average molecular weight is 300 g/mol. The average Bonchev–Trinajstić information content (AvgIpc) is 2.93. The van der Waals surface area contributed by atoms with Crippen LogP contribution in [0, 0.1) is 5.41 Å². The number of oxime groups is 1. The van der Waals surface area contributed by atoms with Crippen molar-refractivity contribution in [3.05, 3.63) is 35.5 Å². The van der Waals surface area contributed by atoms with Crippen molar-refractivity contribution in [1.29, 1.82) is 0 Å². The Morgan fingerprint density at radius 1 is 1.41 bits per heavy atom. The molecule has 0 N–H and O–H groups in total. The van der Waals surface area contributed by atoms with Crippen LogP contribution in [-0.2, 0) is 9.57 Å². The molecule has 1 saturated heterocycles. The molecule has 3 heterocycles. The quantitative estimate of drug-likeness (QED) is 0.569. The van der Waals surface area contributed by atoms with E-state index < -0.39 is 0 Å². The molecule has 118 valence electrons. The molecule has 0 aromatic rings. The van der Waals surface area contributed by atoms with Crippen LogP contribution in [-0.4, -0.2) is 23.8 Å². The lowest BCUT2D eigenvalue weighted by Gasteiger charge is -2.43. The Bertz CT molecular complexity index is 602. The van der Waals surface area contributed by atoms with Crippen LogP contribution >= 0.6 is 0 Å². The number of hydrogen-bond donors (Lipinski definition) is 0. The van der Waals surface area contributed by atoms with Crippen LogP contribution in [0.3, 0.4) is 0 Å². The summed E-state index contributed by atoms with van der Waals surface area (Å²) >= 11 is 0. The highest BCUT2D eigenvalue weighted by atomic mass is 16.6. The molecule has 1 aliphatic carbocycles. The maximum atomic E-state index is 6.46. The predicted octanol–water partition coefficient (Wildman–Crippen LogP) is 4.08. The minimum atomic E-state index is 0.0507. The fourth-order valence-corrected chi connectivity index (χ4v) is 4.46. The van der Waals surface area contributed by atoms with Crippen LogP contribution < -0.4 is 0 Å². The van der Waals surface area contributed by atoms with Gasteiger partial charge in [0.1, 0.15) is 19.0 Å². The first-order valence-electron chi connectivity index (χ1n) is 8.39. The van der Waals surface area contributed by atoms with Gasteiger partial charge < -0.3 is 14.5 Å². The Hall–Kier alpha value is -1.71. The van der Waals surface area contributed by atoms with E-state index in [0.717, 1.165) is 25.0 Å². The van der Waals surface area contributed by atoms with Crippen molar-refractivity contribution >= 4 is 5.71 Å². The van der Waals surface area contributed by atoms with Crippen molar-refractivity contribution in [1.82, 2.24) is 4.90 Å². The fourth-order valence-electron chi connectivity index (χ4n) is 4.46. The van der Waals surface area contributed by atoms with Gasteiger partial charge >= 0.3 is 0 Å². The largest absolute Gasteiger partial charge is 0.486 e. The smallest absolute Gasteiger partial charge is 0.141 e. The molecule has 0 amide bonds. The Kier molecular flexibility index (Phi) is 3.28. The van der Waals surface area contributed by atoms with E-state index in [0.29, 0.717) is 0 Å². The third-order valence-electron chi connectivity index (χ3n) is 5.53. The molecule has 0 radical (unpaired) electrons. The third-order valence-corrected chi connectivity index (χ3v) is 5.53. The van der Waals surface area contributed by atoms with Crippen LogP contribution in [0.2, 0.25) is 0 Å². The van der Waals surface area contributed by atoms with Crippen LogP contribution in [0.25, 0.3) is 0 Å². The normalized spacial score (nSPS) is 33.7. The minimum absolute atomic E-state index is 0.0507. The van der Waals surface area contributed by atoms with Gasteiger partial charge in [-0.3, -0.25) is 0 Å². The molecule has 4 nitrogen and oxygen atoms in total. The van der Waals surface area contributed by atoms with E-state index in [1.165, 1.54) is 37.1 Å². The van der Waals surface area contributed by atoms with Crippen molar-refractivity contribution in [2.75, 3.05) is 7.11 Å². The third kappa shape index (κ3) is 1.93. The molecular weight excluding hydrogens is 276 g/mol. The molecule has 22 heavy (non-hydrogen) atoms. The SMILES string of the molecule is CON=C(C)C1CC23CCCCC2=CN2C=CCCC2=C3O1. The van der Waals surface area contributed by atoms with Crippen molar-refractivity contribution in [2.24, 2.45) is 10.6 Å². The summed E-state index contributed by atoms with van der Waals surface area (Å²) in [5.41, 5.74) is 3.99. The zero-order chi connectivity index (χ0) is 15.2. The number of rotatable bonds is 2. The van der Waals surface area contributed by atoms with Gasteiger partial charge in [0.25, 0.3) is 0 Å².